The number of carbonyl (C=O) groups is 1. The van der Waals surface area contributed by atoms with E-state index in [9.17, 15) is 18.0 Å². The van der Waals surface area contributed by atoms with Gasteiger partial charge in [-0.1, -0.05) is 35.9 Å². The molecule has 0 spiro atoms. The lowest BCUT2D eigenvalue weighted by Gasteiger charge is -2.00. The van der Waals surface area contributed by atoms with Crippen molar-refractivity contribution in [3.8, 4) is 0 Å². The third kappa shape index (κ3) is 4.29. The van der Waals surface area contributed by atoms with Crippen LogP contribution in [0.25, 0.3) is 0 Å². The molecular weight excluding hydrogens is 217 g/mol. The van der Waals surface area contributed by atoms with Gasteiger partial charge in [0, 0.05) is 5.56 Å². The molecule has 0 N–H and O–H groups in total. The van der Waals surface area contributed by atoms with E-state index in [1.54, 1.807) is 24.3 Å². The highest BCUT2D eigenvalue weighted by Gasteiger charge is 2.24. The lowest BCUT2D eigenvalue weighted by molar-refractivity contribution is -0.125. The van der Waals surface area contributed by atoms with Crippen LogP contribution >= 0.6 is 0 Å². The minimum absolute atomic E-state index is 0.393. The van der Waals surface area contributed by atoms with Gasteiger partial charge in [0.2, 0.25) is 0 Å². The van der Waals surface area contributed by atoms with Crippen molar-refractivity contribution in [3.05, 3.63) is 47.5 Å². The molecule has 0 heterocycles. The Morgan fingerprint density at radius 1 is 1.25 bits per heavy atom. The number of allylic oxidation sites excluding steroid dienone is 2. The summed E-state index contributed by atoms with van der Waals surface area (Å²) in [6, 6.07) is 6.67. The molecule has 1 aromatic carbocycles. The average Bonchev–Trinajstić information content (AvgIpc) is 2.16. The highest BCUT2D eigenvalue weighted by Crippen LogP contribution is 2.19. The first-order chi connectivity index (χ1) is 7.38. The summed E-state index contributed by atoms with van der Waals surface area (Å²) in [6.07, 6.45) is -3.55. The van der Waals surface area contributed by atoms with Crippen LogP contribution in [0, 0.1) is 6.92 Å². The van der Waals surface area contributed by atoms with Gasteiger partial charge in [-0.25, -0.2) is 0 Å². The van der Waals surface area contributed by atoms with Crippen LogP contribution in [-0.2, 0) is 0 Å². The molecule has 0 atom stereocenters. The van der Waals surface area contributed by atoms with E-state index in [1.165, 1.54) is 0 Å². The van der Waals surface area contributed by atoms with E-state index in [1.807, 2.05) is 6.92 Å². The molecule has 0 aliphatic heterocycles. The van der Waals surface area contributed by atoms with E-state index in [-0.39, 0.29) is 0 Å². The lowest BCUT2D eigenvalue weighted by atomic mass is 10.1. The quantitative estimate of drug-likeness (QED) is 0.569. The molecule has 0 aromatic heterocycles. The molecule has 0 fully saturated rings. The lowest BCUT2D eigenvalue weighted by Crippen LogP contribution is -2.04. The summed E-state index contributed by atoms with van der Waals surface area (Å²) in [5.74, 6) is -0.413. The van der Waals surface area contributed by atoms with Crippen LogP contribution in [0.1, 0.15) is 22.3 Å². The SMILES string of the molecule is Cc1ccc(C(=O)/C=C/CC(F)(F)F)cc1. The van der Waals surface area contributed by atoms with Crippen LogP contribution in [0.3, 0.4) is 0 Å². The van der Waals surface area contributed by atoms with Crippen molar-refractivity contribution in [2.75, 3.05) is 0 Å². The largest absolute Gasteiger partial charge is 0.392 e. The predicted molar refractivity (Wildman–Crippen MR) is 55.3 cm³/mol. The van der Waals surface area contributed by atoms with Crippen molar-refractivity contribution in [1.82, 2.24) is 0 Å². The maximum atomic E-state index is 11.8. The van der Waals surface area contributed by atoms with Crippen molar-refractivity contribution in [2.24, 2.45) is 0 Å². The summed E-state index contributed by atoms with van der Waals surface area (Å²) in [5, 5.41) is 0. The molecule has 1 rings (SSSR count). The molecule has 16 heavy (non-hydrogen) atoms. The molecule has 0 aliphatic carbocycles. The predicted octanol–water partition coefficient (Wildman–Crippen LogP) is 3.69. The molecule has 0 radical (unpaired) electrons. The Morgan fingerprint density at radius 2 is 1.81 bits per heavy atom. The van der Waals surface area contributed by atoms with E-state index in [0.717, 1.165) is 17.7 Å². The maximum Gasteiger partial charge on any atom is 0.392 e. The van der Waals surface area contributed by atoms with E-state index in [0.29, 0.717) is 5.56 Å². The van der Waals surface area contributed by atoms with Crippen LogP contribution in [0.2, 0.25) is 0 Å². The number of carbonyl (C=O) groups excluding carboxylic acids is 1. The zero-order valence-electron chi connectivity index (χ0n) is 8.71. The Bertz CT molecular complexity index is 388. The summed E-state index contributed by atoms with van der Waals surface area (Å²) in [4.78, 5) is 11.4. The minimum atomic E-state index is -4.26. The monoisotopic (exact) mass is 228 g/mol. The number of hydrogen-bond donors (Lipinski definition) is 0. The summed E-state index contributed by atoms with van der Waals surface area (Å²) < 4.78 is 35.4. The molecule has 0 amide bonds. The fourth-order valence-corrected chi connectivity index (χ4v) is 1.11. The van der Waals surface area contributed by atoms with Gasteiger partial charge in [-0.05, 0) is 13.0 Å². The highest BCUT2D eigenvalue weighted by atomic mass is 19.4. The number of alkyl halides is 3. The summed E-state index contributed by atoms with van der Waals surface area (Å²) in [6.45, 7) is 1.87. The van der Waals surface area contributed by atoms with Gasteiger partial charge in [0.25, 0.3) is 0 Å². The van der Waals surface area contributed by atoms with Gasteiger partial charge >= 0.3 is 6.18 Å². The summed E-state index contributed by atoms with van der Waals surface area (Å²) in [7, 11) is 0. The first-order valence-electron chi connectivity index (χ1n) is 4.73. The third-order valence-electron chi connectivity index (χ3n) is 1.95. The molecule has 0 bridgehead atoms. The van der Waals surface area contributed by atoms with Crippen molar-refractivity contribution in [2.45, 2.75) is 19.5 Å². The molecule has 0 unspecified atom stereocenters. The summed E-state index contributed by atoms with van der Waals surface area (Å²) >= 11 is 0. The molecule has 86 valence electrons. The normalized spacial score (nSPS) is 12.0. The Labute approximate surface area is 91.6 Å². The molecular formula is C12H11F3O. The van der Waals surface area contributed by atoms with E-state index in [2.05, 4.69) is 0 Å². The van der Waals surface area contributed by atoms with Crippen molar-refractivity contribution in [1.29, 1.82) is 0 Å². The zero-order valence-corrected chi connectivity index (χ0v) is 8.71. The molecule has 0 saturated carbocycles. The van der Waals surface area contributed by atoms with Crippen LogP contribution in [0.15, 0.2) is 36.4 Å². The molecule has 1 aromatic rings. The smallest absolute Gasteiger partial charge is 0.289 e. The number of hydrogen-bond acceptors (Lipinski definition) is 1. The number of ketones is 1. The number of benzene rings is 1. The van der Waals surface area contributed by atoms with Crippen LogP contribution in [0.5, 0.6) is 0 Å². The Hall–Kier alpha value is -1.58. The van der Waals surface area contributed by atoms with Gasteiger partial charge in [0.1, 0.15) is 0 Å². The van der Waals surface area contributed by atoms with Gasteiger partial charge in [-0.3, -0.25) is 4.79 Å². The first kappa shape index (κ1) is 12.5. The Morgan fingerprint density at radius 3 is 2.31 bits per heavy atom. The molecule has 0 saturated heterocycles. The van der Waals surface area contributed by atoms with Crippen LogP contribution in [0.4, 0.5) is 13.2 Å². The van der Waals surface area contributed by atoms with E-state index in [4.69, 9.17) is 0 Å². The van der Waals surface area contributed by atoms with Gasteiger partial charge in [0.05, 0.1) is 6.42 Å². The van der Waals surface area contributed by atoms with Gasteiger partial charge in [-0.15, -0.1) is 0 Å². The standard InChI is InChI=1S/C12H11F3O/c1-9-4-6-10(7-5-9)11(16)3-2-8-12(13,14)15/h2-7H,8H2,1H3/b3-2+. The number of rotatable bonds is 3. The summed E-state index contributed by atoms with van der Waals surface area (Å²) in [5.41, 5.74) is 1.39. The number of aryl methyl sites for hydroxylation is 1. The Balaban J connectivity index is 2.62. The molecule has 0 aliphatic rings. The number of halogens is 3. The van der Waals surface area contributed by atoms with Crippen molar-refractivity contribution >= 4 is 5.78 Å². The van der Waals surface area contributed by atoms with Crippen molar-refractivity contribution in [3.63, 3.8) is 0 Å². The van der Waals surface area contributed by atoms with Crippen LogP contribution in [-0.4, -0.2) is 12.0 Å². The topological polar surface area (TPSA) is 17.1 Å². The highest BCUT2D eigenvalue weighted by molar-refractivity contribution is 6.04. The molecule has 1 nitrogen and oxygen atoms in total. The van der Waals surface area contributed by atoms with Crippen LogP contribution < -0.4 is 0 Å². The van der Waals surface area contributed by atoms with Gasteiger partial charge in [0.15, 0.2) is 5.78 Å². The Kier molecular flexibility index (Phi) is 3.88. The minimum Gasteiger partial charge on any atom is -0.289 e. The second-order valence-corrected chi connectivity index (χ2v) is 3.45. The zero-order chi connectivity index (χ0) is 12.2. The maximum absolute atomic E-state index is 11.8. The second kappa shape index (κ2) is 4.96. The average molecular weight is 228 g/mol. The van der Waals surface area contributed by atoms with Crippen molar-refractivity contribution < 1.29 is 18.0 Å². The van der Waals surface area contributed by atoms with E-state index >= 15 is 0 Å². The van der Waals surface area contributed by atoms with Gasteiger partial charge < -0.3 is 0 Å². The van der Waals surface area contributed by atoms with Gasteiger partial charge in [-0.2, -0.15) is 13.2 Å². The fourth-order valence-electron chi connectivity index (χ4n) is 1.11. The second-order valence-electron chi connectivity index (χ2n) is 3.45. The first-order valence-corrected chi connectivity index (χ1v) is 4.73. The molecule has 4 heteroatoms. The fraction of sp³-hybridized carbons (Fsp3) is 0.250. The third-order valence-corrected chi connectivity index (χ3v) is 1.95. The van der Waals surface area contributed by atoms with E-state index < -0.39 is 18.4 Å².